The zero-order valence-electron chi connectivity index (χ0n) is 13.9. The highest BCUT2D eigenvalue weighted by Crippen LogP contribution is 2.31. The molecular formula is C18H16ClN3O4. The van der Waals surface area contributed by atoms with E-state index in [1.165, 1.54) is 23.2 Å². The van der Waals surface area contributed by atoms with E-state index in [2.05, 4.69) is 10.3 Å². The topological polar surface area (TPSA) is 88.6 Å². The van der Waals surface area contributed by atoms with Crippen LogP contribution in [0.25, 0.3) is 0 Å². The first-order valence-electron chi connectivity index (χ1n) is 7.95. The number of rotatable bonds is 3. The number of carbonyl (C=O) groups excluding carboxylic acids is 3. The van der Waals surface area contributed by atoms with Crippen LogP contribution in [-0.4, -0.2) is 35.4 Å². The smallest absolute Gasteiger partial charge is 0.357 e. The number of para-hydroxylation sites is 2. The molecule has 1 aliphatic rings. The van der Waals surface area contributed by atoms with Gasteiger partial charge in [0.1, 0.15) is 5.69 Å². The predicted molar refractivity (Wildman–Crippen MR) is 96.2 cm³/mol. The van der Waals surface area contributed by atoms with Gasteiger partial charge in [0.15, 0.2) is 6.61 Å². The maximum absolute atomic E-state index is 12.7. The molecular weight excluding hydrogens is 358 g/mol. The van der Waals surface area contributed by atoms with Gasteiger partial charge >= 0.3 is 5.97 Å². The molecule has 26 heavy (non-hydrogen) atoms. The third-order valence-corrected chi connectivity index (χ3v) is 4.12. The second-order valence-electron chi connectivity index (χ2n) is 5.82. The Kier molecular flexibility index (Phi) is 5.18. The number of nitrogens with zero attached hydrogens (tertiary/aromatic N) is 2. The van der Waals surface area contributed by atoms with Gasteiger partial charge in [0, 0.05) is 23.7 Å². The van der Waals surface area contributed by atoms with Gasteiger partial charge in [-0.15, -0.1) is 0 Å². The number of hydrogen-bond acceptors (Lipinski definition) is 5. The van der Waals surface area contributed by atoms with Crippen LogP contribution in [0.4, 0.5) is 11.4 Å². The Morgan fingerprint density at radius 2 is 2.12 bits per heavy atom. The molecule has 0 spiro atoms. The number of benzene rings is 1. The van der Waals surface area contributed by atoms with E-state index in [0.717, 1.165) is 0 Å². The van der Waals surface area contributed by atoms with Crippen molar-refractivity contribution in [1.29, 1.82) is 0 Å². The molecule has 2 heterocycles. The summed E-state index contributed by atoms with van der Waals surface area (Å²) in [6.45, 7) is 1.29. The van der Waals surface area contributed by atoms with Gasteiger partial charge in [-0.3, -0.25) is 9.59 Å². The van der Waals surface area contributed by atoms with Gasteiger partial charge in [0.05, 0.1) is 11.4 Å². The molecule has 2 aromatic rings. The van der Waals surface area contributed by atoms with E-state index < -0.39 is 18.5 Å². The van der Waals surface area contributed by atoms with Crippen molar-refractivity contribution in [2.45, 2.75) is 19.4 Å². The zero-order chi connectivity index (χ0) is 18.7. The minimum absolute atomic E-state index is 0.0199. The molecule has 0 bridgehead atoms. The molecule has 1 N–H and O–H groups in total. The number of anilines is 2. The lowest BCUT2D eigenvalue weighted by Crippen LogP contribution is -2.41. The van der Waals surface area contributed by atoms with Crippen molar-refractivity contribution in [2.75, 3.05) is 16.8 Å². The minimum atomic E-state index is -0.745. The Morgan fingerprint density at radius 3 is 2.88 bits per heavy atom. The fourth-order valence-corrected chi connectivity index (χ4v) is 2.91. The minimum Gasteiger partial charge on any atom is -0.451 e. The van der Waals surface area contributed by atoms with Crippen molar-refractivity contribution >= 4 is 40.8 Å². The molecule has 7 nitrogen and oxygen atoms in total. The summed E-state index contributed by atoms with van der Waals surface area (Å²) in [4.78, 5) is 42.0. The molecule has 1 aromatic carbocycles. The summed E-state index contributed by atoms with van der Waals surface area (Å²) in [5.74, 6) is -1.36. The summed E-state index contributed by atoms with van der Waals surface area (Å²) in [5.41, 5.74) is 1.12. The molecule has 3 rings (SSSR count). The van der Waals surface area contributed by atoms with Gasteiger partial charge in [-0.05, 0) is 31.2 Å². The molecule has 0 radical (unpaired) electrons. The molecule has 0 aliphatic carbocycles. The van der Waals surface area contributed by atoms with E-state index in [0.29, 0.717) is 16.4 Å². The molecule has 134 valence electrons. The lowest BCUT2D eigenvalue weighted by atomic mass is 10.1. The number of pyridine rings is 1. The Hall–Kier alpha value is -2.93. The van der Waals surface area contributed by atoms with Gasteiger partial charge in [-0.1, -0.05) is 23.7 Å². The van der Waals surface area contributed by atoms with Gasteiger partial charge < -0.3 is 15.0 Å². The van der Waals surface area contributed by atoms with E-state index in [-0.39, 0.29) is 24.1 Å². The molecule has 0 saturated heterocycles. The Balaban J connectivity index is 1.76. The molecule has 0 fully saturated rings. The number of amides is 2. The van der Waals surface area contributed by atoms with Crippen molar-refractivity contribution in [3.8, 4) is 0 Å². The fraction of sp³-hybridized carbons (Fsp3) is 0.222. The highest BCUT2D eigenvalue weighted by Gasteiger charge is 2.30. The molecule has 0 unspecified atom stereocenters. The van der Waals surface area contributed by atoms with Gasteiger partial charge in [0.25, 0.3) is 5.91 Å². The summed E-state index contributed by atoms with van der Waals surface area (Å²) in [6, 6.07) is 9.50. The molecule has 8 heteroatoms. The van der Waals surface area contributed by atoms with Crippen LogP contribution >= 0.6 is 11.6 Å². The molecule has 1 aromatic heterocycles. The predicted octanol–water partition coefficient (Wildman–Crippen LogP) is 2.66. The summed E-state index contributed by atoms with van der Waals surface area (Å²) >= 11 is 5.82. The van der Waals surface area contributed by atoms with Crippen molar-refractivity contribution in [1.82, 2.24) is 4.98 Å². The average molecular weight is 374 g/mol. The average Bonchev–Trinajstić information content (AvgIpc) is 2.73. The van der Waals surface area contributed by atoms with Gasteiger partial charge in [-0.2, -0.15) is 0 Å². The first-order chi connectivity index (χ1) is 12.5. The number of aromatic nitrogens is 1. The number of halogens is 1. The molecule has 2 amide bonds. The van der Waals surface area contributed by atoms with Crippen molar-refractivity contribution in [2.24, 2.45) is 0 Å². The van der Waals surface area contributed by atoms with Crippen molar-refractivity contribution in [3.05, 3.63) is 53.3 Å². The Bertz CT molecular complexity index is 871. The van der Waals surface area contributed by atoms with Crippen LogP contribution in [0.3, 0.4) is 0 Å². The fourth-order valence-electron chi connectivity index (χ4n) is 2.75. The summed E-state index contributed by atoms with van der Waals surface area (Å²) in [6.07, 6.45) is 1.52. The Labute approximate surface area is 154 Å². The lowest BCUT2D eigenvalue weighted by molar-refractivity contribution is -0.122. The molecule has 0 saturated carbocycles. The number of esters is 1. The molecule has 1 atom stereocenters. The number of fused-ring (bicyclic) bond motifs is 1. The summed E-state index contributed by atoms with van der Waals surface area (Å²) < 4.78 is 5.07. The van der Waals surface area contributed by atoms with Crippen LogP contribution in [0.15, 0.2) is 42.6 Å². The zero-order valence-corrected chi connectivity index (χ0v) is 14.7. The van der Waals surface area contributed by atoms with Gasteiger partial charge in [-0.25, -0.2) is 9.78 Å². The Morgan fingerprint density at radius 1 is 1.35 bits per heavy atom. The number of hydrogen-bond donors (Lipinski definition) is 1. The van der Waals surface area contributed by atoms with Crippen LogP contribution in [0, 0.1) is 0 Å². The second-order valence-corrected chi connectivity index (χ2v) is 6.25. The van der Waals surface area contributed by atoms with E-state index in [1.807, 2.05) is 0 Å². The number of carbonyl (C=O) groups is 3. The van der Waals surface area contributed by atoms with E-state index in [1.54, 1.807) is 31.2 Å². The van der Waals surface area contributed by atoms with E-state index >= 15 is 0 Å². The summed E-state index contributed by atoms with van der Waals surface area (Å²) in [7, 11) is 0. The monoisotopic (exact) mass is 373 g/mol. The second kappa shape index (κ2) is 7.53. The van der Waals surface area contributed by atoms with Crippen molar-refractivity contribution in [3.63, 3.8) is 0 Å². The van der Waals surface area contributed by atoms with E-state index in [4.69, 9.17) is 16.3 Å². The van der Waals surface area contributed by atoms with Gasteiger partial charge in [0.2, 0.25) is 5.91 Å². The highest BCUT2D eigenvalue weighted by atomic mass is 35.5. The maximum atomic E-state index is 12.7. The lowest BCUT2D eigenvalue weighted by Gasteiger charge is -2.27. The van der Waals surface area contributed by atoms with Crippen LogP contribution in [-0.2, 0) is 14.3 Å². The SMILES string of the molecule is C[C@@H]1CC(=O)Nc2ccccc2N1C(=O)COC(=O)c1cc(Cl)ccn1. The van der Waals surface area contributed by atoms with Crippen LogP contribution in [0.2, 0.25) is 5.02 Å². The quantitative estimate of drug-likeness (QED) is 0.835. The van der Waals surface area contributed by atoms with Crippen LogP contribution < -0.4 is 10.2 Å². The normalized spacial score (nSPS) is 16.3. The first-order valence-corrected chi connectivity index (χ1v) is 8.33. The maximum Gasteiger partial charge on any atom is 0.357 e. The number of nitrogens with one attached hydrogen (secondary N) is 1. The number of ether oxygens (including phenoxy) is 1. The third kappa shape index (κ3) is 3.83. The van der Waals surface area contributed by atoms with Crippen LogP contribution in [0.5, 0.6) is 0 Å². The first kappa shape index (κ1) is 17.9. The van der Waals surface area contributed by atoms with Crippen LogP contribution in [0.1, 0.15) is 23.8 Å². The standard InChI is InChI=1S/C18H16ClN3O4/c1-11-8-16(23)21-13-4-2-3-5-15(13)22(11)17(24)10-26-18(25)14-9-12(19)6-7-20-14/h2-7,9,11H,8,10H2,1H3,(H,21,23)/t11-/m1/s1. The van der Waals surface area contributed by atoms with Crippen molar-refractivity contribution < 1.29 is 19.1 Å². The summed E-state index contributed by atoms with van der Waals surface area (Å²) in [5, 5.41) is 3.11. The molecule has 1 aliphatic heterocycles. The highest BCUT2D eigenvalue weighted by molar-refractivity contribution is 6.30. The third-order valence-electron chi connectivity index (χ3n) is 3.89. The largest absolute Gasteiger partial charge is 0.451 e. The van der Waals surface area contributed by atoms with E-state index in [9.17, 15) is 14.4 Å².